The molecule has 0 aliphatic carbocycles. The summed E-state index contributed by atoms with van der Waals surface area (Å²) in [5.41, 5.74) is 0.595. The predicted molar refractivity (Wildman–Crippen MR) is 106 cm³/mol. The van der Waals surface area contributed by atoms with Gasteiger partial charge >= 0.3 is 20.4 Å². The van der Waals surface area contributed by atoms with Crippen LogP contribution in [0.15, 0.2) is 48.5 Å². The maximum Gasteiger partial charge on any atom is 2.00 e. The molecule has 13 heteroatoms. The fourth-order valence-corrected chi connectivity index (χ4v) is 2.88. The van der Waals surface area contributed by atoms with E-state index in [0.29, 0.717) is 23.0 Å². The number of pyridine rings is 2. The standard InChI is InChI=1S/C19H14N8O4.Pd/c1-19(2,13-5-3-7-15(20-13)24-11-9-17(22-24)26(28)29)14-6-4-8-16(21-14)25-12-10-18(23-25)27(30)31;/h3-10H,1-2H3;/q-2;+2. The fraction of sp³-hybridized carbons (Fsp3) is 0.158. The van der Waals surface area contributed by atoms with Crippen molar-refractivity contribution in [1.82, 2.24) is 29.5 Å². The zero-order valence-corrected chi connectivity index (χ0v) is 18.2. The van der Waals surface area contributed by atoms with E-state index in [2.05, 4.69) is 32.6 Å². The van der Waals surface area contributed by atoms with Crippen LogP contribution in [0.3, 0.4) is 0 Å². The molecule has 4 rings (SSSR count). The van der Waals surface area contributed by atoms with E-state index in [4.69, 9.17) is 0 Å². The molecule has 0 saturated carbocycles. The summed E-state index contributed by atoms with van der Waals surface area (Å²) < 4.78 is 2.42. The quantitative estimate of drug-likeness (QED) is 0.162. The molecule has 0 radical (unpaired) electrons. The van der Waals surface area contributed by atoms with E-state index < -0.39 is 15.3 Å². The Hall–Kier alpha value is -3.82. The minimum Gasteiger partial charge on any atom is -0.370 e. The van der Waals surface area contributed by atoms with Crippen molar-refractivity contribution < 1.29 is 30.3 Å². The van der Waals surface area contributed by atoms with Crippen LogP contribution in [0.5, 0.6) is 0 Å². The van der Waals surface area contributed by atoms with Gasteiger partial charge in [0.25, 0.3) is 11.6 Å². The van der Waals surface area contributed by atoms with Gasteiger partial charge in [0.2, 0.25) is 0 Å². The summed E-state index contributed by atoms with van der Waals surface area (Å²) in [7, 11) is 0. The van der Waals surface area contributed by atoms with Gasteiger partial charge in [0.1, 0.15) is 0 Å². The van der Waals surface area contributed by atoms with Crippen molar-refractivity contribution in [1.29, 1.82) is 0 Å². The second-order valence-electron chi connectivity index (χ2n) is 6.99. The fourth-order valence-electron chi connectivity index (χ4n) is 2.88. The minimum atomic E-state index is -0.676. The SMILES string of the molecule is CC(C)(c1cccc(-n2[c-]cc([N+](=O)[O-])n2)n1)c1cccc(-n2[c-]cc([N+](=O)[O-])n2)n1.[Pd+2]. The largest absolute Gasteiger partial charge is 2.00 e. The molecular weight excluding hydrogens is 511 g/mol. The van der Waals surface area contributed by atoms with E-state index in [1.165, 1.54) is 21.5 Å². The van der Waals surface area contributed by atoms with Gasteiger partial charge in [-0.25, -0.2) is 9.36 Å². The van der Waals surface area contributed by atoms with Crippen LogP contribution in [0.1, 0.15) is 25.2 Å². The summed E-state index contributed by atoms with van der Waals surface area (Å²) in [6.07, 6.45) is 5.36. The first-order chi connectivity index (χ1) is 14.8. The summed E-state index contributed by atoms with van der Waals surface area (Å²) in [6.45, 7) is 3.82. The number of hydrogen-bond acceptors (Lipinski definition) is 8. The molecule has 0 aromatic carbocycles. The van der Waals surface area contributed by atoms with Crippen molar-refractivity contribution in [2.45, 2.75) is 19.3 Å². The van der Waals surface area contributed by atoms with Crippen LogP contribution in [0.25, 0.3) is 11.6 Å². The van der Waals surface area contributed by atoms with Crippen molar-refractivity contribution in [2.75, 3.05) is 0 Å². The Labute approximate surface area is 194 Å². The average Bonchev–Trinajstić information content (AvgIpc) is 3.44. The van der Waals surface area contributed by atoms with Crippen LogP contribution < -0.4 is 0 Å². The van der Waals surface area contributed by atoms with Crippen molar-refractivity contribution in [3.05, 3.63) is 92.5 Å². The number of nitro groups is 2. The van der Waals surface area contributed by atoms with Gasteiger partial charge in [-0.15, -0.1) is 0 Å². The third kappa shape index (κ3) is 4.29. The summed E-state index contributed by atoms with van der Waals surface area (Å²) in [4.78, 5) is 29.7. The van der Waals surface area contributed by atoms with Crippen molar-refractivity contribution in [3.8, 4) is 11.6 Å². The van der Waals surface area contributed by atoms with Crippen molar-refractivity contribution in [2.24, 2.45) is 0 Å². The molecule has 0 atom stereocenters. The molecule has 0 aliphatic rings. The third-order valence-corrected chi connectivity index (χ3v) is 4.59. The first-order valence-corrected chi connectivity index (χ1v) is 8.96. The van der Waals surface area contributed by atoms with Crippen LogP contribution in [0, 0.1) is 32.6 Å². The van der Waals surface area contributed by atoms with Crippen molar-refractivity contribution >= 4 is 11.6 Å². The van der Waals surface area contributed by atoms with Gasteiger partial charge in [-0.3, -0.25) is 9.97 Å². The molecule has 0 spiro atoms. The molecule has 4 aromatic heterocycles. The van der Waals surface area contributed by atoms with E-state index in [9.17, 15) is 20.2 Å². The van der Waals surface area contributed by atoms with Gasteiger partial charge in [0.15, 0.2) is 0 Å². The number of nitrogens with zero attached hydrogens (tertiary/aromatic N) is 8. The molecule has 0 bridgehead atoms. The van der Waals surface area contributed by atoms with E-state index in [1.807, 2.05) is 13.8 Å². The summed E-state index contributed by atoms with van der Waals surface area (Å²) in [6, 6.07) is 12.8. The Bertz CT molecular complexity index is 1200. The molecule has 12 nitrogen and oxygen atoms in total. The topological polar surface area (TPSA) is 148 Å². The number of aromatic nitrogens is 6. The van der Waals surface area contributed by atoms with Crippen LogP contribution in [0.4, 0.5) is 11.6 Å². The van der Waals surface area contributed by atoms with E-state index in [1.54, 1.807) is 36.4 Å². The predicted octanol–water partition coefficient (Wildman–Crippen LogP) is 2.59. The Balaban J connectivity index is 0.00000289. The monoisotopic (exact) mass is 524 g/mol. The van der Waals surface area contributed by atoms with Crippen LogP contribution >= 0.6 is 0 Å². The van der Waals surface area contributed by atoms with Gasteiger partial charge < -0.3 is 20.2 Å². The third-order valence-electron chi connectivity index (χ3n) is 4.59. The summed E-state index contributed by atoms with van der Waals surface area (Å²) in [5, 5.41) is 29.5. The normalized spacial score (nSPS) is 11.1. The Morgan fingerprint density at radius 1 is 0.812 bits per heavy atom. The molecule has 0 unspecified atom stereocenters. The number of hydrogen-bond donors (Lipinski definition) is 0. The van der Waals surface area contributed by atoms with Gasteiger partial charge in [0, 0.05) is 16.8 Å². The first kappa shape index (κ1) is 22.9. The molecule has 0 amide bonds. The molecule has 4 aromatic rings. The first-order valence-electron chi connectivity index (χ1n) is 8.96. The second-order valence-corrected chi connectivity index (χ2v) is 6.99. The van der Waals surface area contributed by atoms with E-state index in [0.717, 1.165) is 0 Å². The Morgan fingerprint density at radius 3 is 1.56 bits per heavy atom. The Morgan fingerprint density at radius 2 is 1.22 bits per heavy atom. The molecule has 0 aliphatic heterocycles. The molecule has 4 heterocycles. The maximum atomic E-state index is 10.9. The van der Waals surface area contributed by atoms with E-state index in [-0.39, 0.29) is 32.1 Å². The van der Waals surface area contributed by atoms with Crippen LogP contribution in [-0.4, -0.2) is 39.4 Å². The molecule has 32 heavy (non-hydrogen) atoms. The molecule has 164 valence electrons. The molecule has 0 fully saturated rings. The average molecular weight is 525 g/mol. The van der Waals surface area contributed by atoms with Gasteiger partial charge in [-0.05, 0) is 48.6 Å². The smallest absolute Gasteiger partial charge is 0.370 e. The second kappa shape index (κ2) is 8.74. The maximum absolute atomic E-state index is 10.9. The molecule has 0 N–H and O–H groups in total. The zero-order valence-electron chi connectivity index (χ0n) is 16.6. The minimum absolute atomic E-state index is 0. The summed E-state index contributed by atoms with van der Waals surface area (Å²) >= 11 is 0. The van der Waals surface area contributed by atoms with Crippen LogP contribution in [-0.2, 0) is 25.8 Å². The number of rotatable bonds is 6. The van der Waals surface area contributed by atoms with Crippen molar-refractivity contribution in [3.63, 3.8) is 0 Å². The molecular formula is C19H14N8O4Pd. The summed E-state index contributed by atoms with van der Waals surface area (Å²) in [5.74, 6) is 0.0764. The van der Waals surface area contributed by atoms with Gasteiger partial charge in [0.05, 0.1) is 11.6 Å². The Kier molecular flexibility index (Phi) is 6.24. The van der Waals surface area contributed by atoms with Crippen LogP contribution in [0.2, 0.25) is 0 Å². The van der Waals surface area contributed by atoms with Gasteiger partial charge in [-0.1, -0.05) is 46.2 Å². The zero-order chi connectivity index (χ0) is 22.2. The van der Waals surface area contributed by atoms with E-state index >= 15 is 0 Å². The molecule has 0 saturated heterocycles. The van der Waals surface area contributed by atoms with Gasteiger partial charge in [-0.2, -0.15) is 0 Å².